The van der Waals surface area contributed by atoms with Crippen LogP contribution in [0, 0.1) is 0 Å². The van der Waals surface area contributed by atoms with Crippen LogP contribution in [0.5, 0.6) is 5.75 Å². The Morgan fingerprint density at radius 1 is 1.33 bits per heavy atom. The summed E-state index contributed by atoms with van der Waals surface area (Å²) in [7, 11) is 1.50. The molecule has 18 heavy (non-hydrogen) atoms. The van der Waals surface area contributed by atoms with Crippen LogP contribution in [0.15, 0.2) is 6.33 Å². The predicted molar refractivity (Wildman–Crippen MR) is 72.2 cm³/mol. The van der Waals surface area contributed by atoms with Crippen molar-refractivity contribution in [3.8, 4) is 5.75 Å². The molecule has 1 unspecified atom stereocenters. The van der Waals surface area contributed by atoms with Crippen molar-refractivity contribution in [2.24, 2.45) is 5.73 Å². The third kappa shape index (κ3) is 2.48. The van der Waals surface area contributed by atoms with Crippen molar-refractivity contribution in [2.75, 3.05) is 36.9 Å². The van der Waals surface area contributed by atoms with Gasteiger partial charge in [0, 0.05) is 13.1 Å². The van der Waals surface area contributed by atoms with E-state index in [4.69, 9.17) is 4.74 Å². The Hall–Kier alpha value is -1.56. The van der Waals surface area contributed by atoms with E-state index < -0.39 is 0 Å². The highest BCUT2D eigenvalue weighted by Crippen LogP contribution is 2.36. The molecule has 3 heterocycles. The molecule has 1 atom stereocenters. The fourth-order valence-electron chi connectivity index (χ4n) is 2.24. The van der Waals surface area contributed by atoms with Gasteiger partial charge in [-0.25, -0.2) is 9.97 Å². The number of nitrogens with one attached hydrogen (secondary N) is 1. The Balaban J connectivity index is 0.000000574. The molecule has 2 aliphatic rings. The fourth-order valence-corrected chi connectivity index (χ4v) is 2.24. The van der Waals surface area contributed by atoms with Gasteiger partial charge in [0.05, 0.1) is 6.54 Å². The minimum Gasteiger partial charge on any atom is -0.482 e. The number of rotatable bonds is 1. The van der Waals surface area contributed by atoms with Crippen molar-refractivity contribution in [3.05, 3.63) is 6.33 Å². The molecular weight excluding hydrogens is 230 g/mol. The highest BCUT2D eigenvalue weighted by Gasteiger charge is 2.25. The van der Waals surface area contributed by atoms with Gasteiger partial charge in [-0.2, -0.15) is 0 Å². The first-order valence-corrected chi connectivity index (χ1v) is 6.43. The van der Waals surface area contributed by atoms with Crippen LogP contribution in [0.3, 0.4) is 0 Å². The van der Waals surface area contributed by atoms with Gasteiger partial charge in [0.15, 0.2) is 11.6 Å². The van der Waals surface area contributed by atoms with E-state index in [2.05, 4.69) is 32.8 Å². The molecule has 1 aromatic rings. The number of hydrogen-bond donors (Lipinski definition) is 2. The number of ether oxygens (including phenoxy) is 1. The van der Waals surface area contributed by atoms with Crippen molar-refractivity contribution in [1.82, 2.24) is 9.97 Å². The van der Waals surface area contributed by atoms with E-state index in [1.54, 1.807) is 6.33 Å². The summed E-state index contributed by atoms with van der Waals surface area (Å²) in [6.45, 7) is 5.00. The van der Waals surface area contributed by atoms with Gasteiger partial charge in [-0.3, -0.25) is 0 Å². The molecule has 100 valence electrons. The van der Waals surface area contributed by atoms with Gasteiger partial charge in [-0.05, 0) is 26.8 Å². The zero-order valence-electron chi connectivity index (χ0n) is 11.0. The summed E-state index contributed by atoms with van der Waals surface area (Å²) in [6, 6.07) is 0. The van der Waals surface area contributed by atoms with Gasteiger partial charge in [0.25, 0.3) is 0 Å². The minimum atomic E-state index is 0.180. The summed E-state index contributed by atoms with van der Waals surface area (Å²) in [5.74, 6) is 2.60. The zero-order chi connectivity index (χ0) is 13.0. The molecule has 6 heteroatoms. The smallest absolute Gasteiger partial charge is 0.204 e. The third-order valence-corrected chi connectivity index (χ3v) is 3.07. The van der Waals surface area contributed by atoms with Crippen LogP contribution >= 0.6 is 0 Å². The van der Waals surface area contributed by atoms with Crippen LogP contribution in [0.25, 0.3) is 0 Å². The fraction of sp³-hybridized carbons (Fsp3) is 0.667. The Bertz CT molecular complexity index is 392. The van der Waals surface area contributed by atoms with Crippen molar-refractivity contribution < 1.29 is 4.74 Å². The maximum absolute atomic E-state index is 5.85. The van der Waals surface area contributed by atoms with Crippen molar-refractivity contribution in [1.29, 1.82) is 0 Å². The van der Waals surface area contributed by atoms with Crippen LogP contribution in [-0.4, -0.2) is 42.8 Å². The monoisotopic (exact) mass is 251 g/mol. The summed E-state index contributed by atoms with van der Waals surface area (Å²) in [5.41, 5.74) is 4.50. The molecule has 1 fully saturated rings. The van der Waals surface area contributed by atoms with Crippen molar-refractivity contribution in [3.63, 3.8) is 0 Å². The van der Waals surface area contributed by atoms with Crippen molar-refractivity contribution >= 4 is 11.6 Å². The Morgan fingerprint density at radius 2 is 2.06 bits per heavy atom. The van der Waals surface area contributed by atoms with E-state index in [0.717, 1.165) is 37.0 Å². The number of nitrogens with two attached hydrogens (primary N) is 1. The number of hydrogen-bond acceptors (Lipinski definition) is 6. The molecule has 0 aromatic carbocycles. The molecule has 0 radical (unpaired) electrons. The molecule has 3 rings (SSSR count). The Labute approximate surface area is 108 Å². The zero-order valence-corrected chi connectivity index (χ0v) is 11.0. The maximum Gasteiger partial charge on any atom is 0.204 e. The second kappa shape index (κ2) is 5.86. The Kier molecular flexibility index (Phi) is 4.19. The summed E-state index contributed by atoms with van der Waals surface area (Å²) >= 11 is 0. The molecule has 1 saturated heterocycles. The number of anilines is 2. The second-order valence-electron chi connectivity index (χ2n) is 4.38. The lowest BCUT2D eigenvalue weighted by molar-refractivity contribution is 0.224. The summed E-state index contributed by atoms with van der Waals surface area (Å²) in [4.78, 5) is 10.8. The second-order valence-corrected chi connectivity index (χ2v) is 4.38. The van der Waals surface area contributed by atoms with E-state index in [0.29, 0.717) is 0 Å². The molecule has 1 aromatic heterocycles. The van der Waals surface area contributed by atoms with Gasteiger partial charge in [-0.1, -0.05) is 0 Å². The van der Waals surface area contributed by atoms with Crippen molar-refractivity contribution in [2.45, 2.75) is 25.9 Å². The van der Waals surface area contributed by atoms with Gasteiger partial charge >= 0.3 is 0 Å². The van der Waals surface area contributed by atoms with E-state index in [9.17, 15) is 0 Å². The first-order chi connectivity index (χ1) is 8.84. The lowest BCUT2D eigenvalue weighted by Gasteiger charge is -2.28. The van der Waals surface area contributed by atoms with Crippen LogP contribution in [-0.2, 0) is 0 Å². The highest BCUT2D eigenvalue weighted by atomic mass is 16.5. The molecule has 6 nitrogen and oxygen atoms in total. The molecule has 2 aliphatic heterocycles. The minimum absolute atomic E-state index is 0.180. The molecule has 0 amide bonds. The van der Waals surface area contributed by atoms with Gasteiger partial charge in [0.2, 0.25) is 5.75 Å². The quantitative estimate of drug-likeness (QED) is 0.770. The van der Waals surface area contributed by atoms with E-state index in [1.807, 2.05) is 0 Å². The lowest BCUT2D eigenvalue weighted by Crippen LogP contribution is -2.31. The molecule has 3 N–H and O–H groups in total. The molecule has 0 saturated carbocycles. The highest BCUT2D eigenvalue weighted by molar-refractivity contribution is 5.66. The Morgan fingerprint density at radius 3 is 2.78 bits per heavy atom. The molecule has 0 spiro atoms. The van der Waals surface area contributed by atoms with Crippen LogP contribution in [0.2, 0.25) is 0 Å². The van der Waals surface area contributed by atoms with Gasteiger partial charge in [0.1, 0.15) is 12.4 Å². The molecule has 0 bridgehead atoms. The average Bonchev–Trinajstić information content (AvgIpc) is 2.94. The topological polar surface area (TPSA) is 76.3 Å². The molecule has 0 aliphatic carbocycles. The van der Waals surface area contributed by atoms with Crippen LogP contribution in [0.1, 0.15) is 19.8 Å². The first kappa shape index (κ1) is 12.9. The number of fused-ring (bicyclic) bond motifs is 1. The standard InChI is InChI=1S/C11H16N4O.CH5N/c1-8-6-12-10-9(16-8)11(14-7-13-10)15-4-2-3-5-15;1-2/h7-8H,2-6H2,1H3,(H,12,13,14);2H2,1H3. The van der Waals surface area contributed by atoms with Gasteiger partial charge < -0.3 is 20.7 Å². The normalized spacial score (nSPS) is 21.3. The third-order valence-electron chi connectivity index (χ3n) is 3.07. The van der Waals surface area contributed by atoms with Crippen LogP contribution < -0.4 is 20.7 Å². The average molecular weight is 251 g/mol. The van der Waals surface area contributed by atoms with E-state index in [1.165, 1.54) is 19.9 Å². The lowest BCUT2D eigenvalue weighted by atomic mass is 10.3. The first-order valence-electron chi connectivity index (χ1n) is 6.43. The number of nitrogens with zero attached hydrogens (tertiary/aromatic N) is 3. The number of aromatic nitrogens is 2. The van der Waals surface area contributed by atoms with Gasteiger partial charge in [-0.15, -0.1) is 0 Å². The van der Waals surface area contributed by atoms with E-state index in [-0.39, 0.29) is 6.10 Å². The maximum atomic E-state index is 5.85. The predicted octanol–water partition coefficient (Wildman–Crippen LogP) is 0.845. The molecular formula is C12H21N5O. The SMILES string of the molecule is CC1CNc2ncnc(N3CCCC3)c2O1.CN. The largest absolute Gasteiger partial charge is 0.482 e. The summed E-state index contributed by atoms with van der Waals surface area (Å²) in [6.07, 6.45) is 4.27. The summed E-state index contributed by atoms with van der Waals surface area (Å²) < 4.78 is 5.85. The van der Waals surface area contributed by atoms with Crippen LogP contribution in [0.4, 0.5) is 11.6 Å². The van der Waals surface area contributed by atoms with E-state index >= 15 is 0 Å². The summed E-state index contributed by atoms with van der Waals surface area (Å²) in [5, 5.41) is 3.27.